The number of nitrogens with one attached hydrogen (secondary N) is 1. The molecule has 1 aliphatic heterocycles. The molecule has 1 N–H and O–H groups in total. The zero-order valence-corrected chi connectivity index (χ0v) is 16.1. The maximum absolute atomic E-state index is 5.39. The molecule has 2 heterocycles. The first-order valence-electron chi connectivity index (χ1n) is 8.64. The van der Waals surface area contributed by atoms with Gasteiger partial charge in [0.25, 0.3) is 5.89 Å². The number of aromatic nitrogens is 2. The summed E-state index contributed by atoms with van der Waals surface area (Å²) in [6.45, 7) is 7.66. The molecular weight excluding hydrogens is 338 g/mol. The van der Waals surface area contributed by atoms with E-state index in [1.165, 1.54) is 5.56 Å². The van der Waals surface area contributed by atoms with Gasteiger partial charge in [0.1, 0.15) is 0 Å². The first-order valence-corrected chi connectivity index (χ1v) is 8.64. The van der Waals surface area contributed by atoms with Crippen LogP contribution in [0.4, 0.5) is 0 Å². The number of likely N-dealkylation sites (N-methyl/N-ethyl adjacent to an activating group) is 2. The van der Waals surface area contributed by atoms with Gasteiger partial charge in [0.15, 0.2) is 5.82 Å². The molecule has 6 nitrogen and oxygen atoms in total. The lowest BCUT2D eigenvalue weighted by atomic mass is 10.1. The van der Waals surface area contributed by atoms with Crippen molar-refractivity contribution >= 4 is 12.4 Å². The van der Waals surface area contributed by atoms with E-state index in [0.29, 0.717) is 11.9 Å². The molecule has 1 aromatic heterocycles. The van der Waals surface area contributed by atoms with Gasteiger partial charge >= 0.3 is 0 Å². The fraction of sp³-hybridized carbons (Fsp3) is 0.556. The lowest BCUT2D eigenvalue weighted by Gasteiger charge is -2.32. The van der Waals surface area contributed by atoms with E-state index in [4.69, 9.17) is 4.52 Å². The van der Waals surface area contributed by atoms with Gasteiger partial charge in [-0.05, 0) is 38.7 Å². The molecule has 25 heavy (non-hydrogen) atoms. The Morgan fingerprint density at radius 3 is 2.48 bits per heavy atom. The molecule has 3 rings (SSSR count). The van der Waals surface area contributed by atoms with Crippen LogP contribution in [-0.4, -0.2) is 66.3 Å². The van der Waals surface area contributed by atoms with Gasteiger partial charge < -0.3 is 14.7 Å². The van der Waals surface area contributed by atoms with Gasteiger partial charge in [0.05, 0.1) is 0 Å². The molecule has 0 spiro atoms. The number of piperazine rings is 1. The number of hydrogen-bond donors (Lipinski definition) is 1. The second kappa shape index (κ2) is 9.29. The van der Waals surface area contributed by atoms with Crippen LogP contribution in [-0.2, 0) is 13.0 Å². The minimum atomic E-state index is 0. The van der Waals surface area contributed by atoms with Crippen LogP contribution in [0, 0.1) is 0 Å². The third kappa shape index (κ3) is 5.51. The van der Waals surface area contributed by atoms with Gasteiger partial charge in [0, 0.05) is 50.7 Å². The van der Waals surface area contributed by atoms with Crippen LogP contribution >= 0.6 is 12.4 Å². The Kier molecular flexibility index (Phi) is 7.38. The normalized spacial score (nSPS) is 17.2. The lowest BCUT2D eigenvalue weighted by Crippen LogP contribution is -2.43. The van der Waals surface area contributed by atoms with Crippen molar-refractivity contribution in [3.05, 3.63) is 35.7 Å². The number of rotatable bonds is 6. The number of benzene rings is 1. The standard InChI is InChI=1S/C18H27N5O.ClH/c1-14(19-2)12-17-20-18(24-21-17)16-6-4-15(5-7-16)13-23-10-8-22(3)9-11-23;/h4-7,14,19H,8-13H2,1-3H3;1H. The summed E-state index contributed by atoms with van der Waals surface area (Å²) < 4.78 is 5.39. The van der Waals surface area contributed by atoms with E-state index in [1.54, 1.807) is 0 Å². The van der Waals surface area contributed by atoms with Crippen LogP contribution in [0.2, 0.25) is 0 Å². The molecule has 1 unspecified atom stereocenters. The molecule has 1 fully saturated rings. The van der Waals surface area contributed by atoms with Crippen molar-refractivity contribution in [1.82, 2.24) is 25.3 Å². The maximum Gasteiger partial charge on any atom is 0.257 e. The van der Waals surface area contributed by atoms with Gasteiger partial charge in [-0.25, -0.2) is 0 Å². The van der Waals surface area contributed by atoms with Crippen molar-refractivity contribution in [2.45, 2.75) is 25.9 Å². The Morgan fingerprint density at radius 1 is 1.16 bits per heavy atom. The molecule has 7 heteroatoms. The fourth-order valence-electron chi connectivity index (χ4n) is 2.85. The van der Waals surface area contributed by atoms with E-state index in [9.17, 15) is 0 Å². The van der Waals surface area contributed by atoms with Crippen molar-refractivity contribution in [3.8, 4) is 11.5 Å². The molecule has 0 radical (unpaired) electrons. The fourth-order valence-corrected chi connectivity index (χ4v) is 2.85. The molecule has 138 valence electrons. The Morgan fingerprint density at radius 2 is 1.84 bits per heavy atom. The smallest absolute Gasteiger partial charge is 0.257 e. The summed E-state index contributed by atoms with van der Waals surface area (Å²) in [5.74, 6) is 1.34. The molecule has 1 aromatic carbocycles. The molecule has 2 aromatic rings. The van der Waals surface area contributed by atoms with Gasteiger partial charge in [-0.3, -0.25) is 4.90 Å². The predicted molar refractivity (Wildman–Crippen MR) is 102 cm³/mol. The zero-order valence-electron chi connectivity index (χ0n) is 15.2. The summed E-state index contributed by atoms with van der Waals surface area (Å²) in [4.78, 5) is 9.36. The van der Waals surface area contributed by atoms with E-state index < -0.39 is 0 Å². The van der Waals surface area contributed by atoms with Crippen molar-refractivity contribution < 1.29 is 4.52 Å². The van der Waals surface area contributed by atoms with Crippen molar-refractivity contribution in [2.24, 2.45) is 0 Å². The largest absolute Gasteiger partial charge is 0.334 e. The third-order valence-corrected chi connectivity index (χ3v) is 4.65. The van der Waals surface area contributed by atoms with E-state index in [0.717, 1.165) is 50.5 Å². The summed E-state index contributed by atoms with van der Waals surface area (Å²) >= 11 is 0. The van der Waals surface area contributed by atoms with Crippen LogP contribution in [0.5, 0.6) is 0 Å². The summed E-state index contributed by atoms with van der Waals surface area (Å²) in [6.07, 6.45) is 0.765. The second-order valence-electron chi connectivity index (χ2n) is 6.69. The zero-order chi connectivity index (χ0) is 16.9. The Bertz CT molecular complexity index is 637. The number of hydrogen-bond acceptors (Lipinski definition) is 6. The highest BCUT2D eigenvalue weighted by molar-refractivity contribution is 5.85. The average molecular weight is 366 g/mol. The highest BCUT2D eigenvalue weighted by Gasteiger charge is 2.14. The van der Waals surface area contributed by atoms with Crippen LogP contribution in [0.1, 0.15) is 18.3 Å². The number of halogens is 1. The average Bonchev–Trinajstić information content (AvgIpc) is 3.06. The summed E-state index contributed by atoms with van der Waals surface area (Å²) in [5, 5.41) is 7.25. The minimum absolute atomic E-state index is 0. The van der Waals surface area contributed by atoms with Gasteiger partial charge in [0.2, 0.25) is 0 Å². The Hall–Kier alpha value is -1.47. The minimum Gasteiger partial charge on any atom is -0.334 e. The molecule has 1 saturated heterocycles. The van der Waals surface area contributed by atoms with Crippen molar-refractivity contribution in [1.29, 1.82) is 0 Å². The molecule has 0 aliphatic carbocycles. The van der Waals surface area contributed by atoms with E-state index >= 15 is 0 Å². The Labute approximate surface area is 156 Å². The van der Waals surface area contributed by atoms with E-state index in [-0.39, 0.29) is 12.4 Å². The first kappa shape index (κ1) is 19.8. The monoisotopic (exact) mass is 365 g/mol. The second-order valence-corrected chi connectivity index (χ2v) is 6.69. The molecule has 1 atom stereocenters. The quantitative estimate of drug-likeness (QED) is 0.845. The van der Waals surface area contributed by atoms with Crippen LogP contribution in [0.15, 0.2) is 28.8 Å². The molecule has 1 aliphatic rings. The van der Waals surface area contributed by atoms with Crippen LogP contribution in [0.25, 0.3) is 11.5 Å². The Balaban J connectivity index is 0.00000225. The topological polar surface area (TPSA) is 57.4 Å². The highest BCUT2D eigenvalue weighted by atomic mass is 35.5. The number of nitrogens with zero attached hydrogens (tertiary/aromatic N) is 4. The predicted octanol–water partition coefficient (Wildman–Crippen LogP) is 2.06. The molecule has 0 saturated carbocycles. The van der Waals surface area contributed by atoms with E-state index in [1.807, 2.05) is 7.05 Å². The van der Waals surface area contributed by atoms with Gasteiger partial charge in [-0.2, -0.15) is 4.98 Å². The van der Waals surface area contributed by atoms with Gasteiger partial charge in [-0.15, -0.1) is 12.4 Å². The first-order chi connectivity index (χ1) is 11.6. The van der Waals surface area contributed by atoms with Crippen LogP contribution in [0.3, 0.4) is 0 Å². The third-order valence-electron chi connectivity index (χ3n) is 4.65. The van der Waals surface area contributed by atoms with Crippen LogP contribution < -0.4 is 5.32 Å². The summed E-state index contributed by atoms with van der Waals surface area (Å²) in [5.41, 5.74) is 2.31. The molecule has 0 amide bonds. The van der Waals surface area contributed by atoms with Crippen molar-refractivity contribution in [2.75, 3.05) is 40.3 Å². The van der Waals surface area contributed by atoms with Gasteiger partial charge in [-0.1, -0.05) is 17.3 Å². The summed E-state index contributed by atoms with van der Waals surface area (Å²) in [6, 6.07) is 8.80. The lowest BCUT2D eigenvalue weighted by molar-refractivity contribution is 0.148. The summed E-state index contributed by atoms with van der Waals surface area (Å²) in [7, 11) is 4.12. The van der Waals surface area contributed by atoms with Crippen molar-refractivity contribution in [3.63, 3.8) is 0 Å². The molecule has 0 bridgehead atoms. The maximum atomic E-state index is 5.39. The van der Waals surface area contributed by atoms with E-state index in [2.05, 4.69) is 63.5 Å². The highest BCUT2D eigenvalue weighted by Crippen LogP contribution is 2.19. The SMILES string of the molecule is CNC(C)Cc1noc(-c2ccc(CN3CCN(C)CC3)cc2)n1.Cl. The molecular formula is C18H28ClN5O.